The summed E-state index contributed by atoms with van der Waals surface area (Å²) in [5.74, 6) is -10.5. The number of hydrogen-bond donors (Lipinski definition) is 0. The van der Waals surface area contributed by atoms with E-state index in [4.69, 9.17) is 0 Å². The Balaban J connectivity index is 1.95. The molecular formula is C20H12F6N2O2. The van der Waals surface area contributed by atoms with Gasteiger partial charge in [0.05, 0.1) is 11.4 Å². The second-order valence-electron chi connectivity index (χ2n) is 6.84. The summed E-state index contributed by atoms with van der Waals surface area (Å²) in [6.45, 7) is 0. The lowest BCUT2D eigenvalue weighted by atomic mass is 9.57. The number of carbonyl (C=O) groups excluding carboxylic acids is 2. The minimum atomic E-state index is -5.25. The van der Waals surface area contributed by atoms with Crippen molar-refractivity contribution in [1.82, 2.24) is 0 Å². The molecule has 2 aromatic carbocycles. The van der Waals surface area contributed by atoms with Crippen LogP contribution in [0.25, 0.3) is 0 Å². The molecule has 0 bridgehead atoms. The highest BCUT2D eigenvalue weighted by molar-refractivity contribution is 5.51. The van der Waals surface area contributed by atoms with Gasteiger partial charge in [-0.15, -0.1) is 0 Å². The van der Waals surface area contributed by atoms with Gasteiger partial charge in [-0.3, -0.25) is 0 Å². The second kappa shape index (κ2) is 7.23. The van der Waals surface area contributed by atoms with Crippen LogP contribution in [-0.2, 0) is 22.4 Å². The summed E-state index contributed by atoms with van der Waals surface area (Å²) in [6.07, 6.45) is -0.169. The van der Waals surface area contributed by atoms with E-state index in [-0.39, 0.29) is 22.5 Å². The van der Waals surface area contributed by atoms with E-state index in [1.54, 1.807) is 0 Å². The summed E-state index contributed by atoms with van der Waals surface area (Å²) >= 11 is 0. The van der Waals surface area contributed by atoms with Crippen LogP contribution < -0.4 is 0 Å². The van der Waals surface area contributed by atoms with Gasteiger partial charge in [0.1, 0.15) is 0 Å². The number of alkyl halides is 6. The molecule has 0 heterocycles. The number of rotatable bonds is 6. The van der Waals surface area contributed by atoms with E-state index >= 15 is 8.78 Å². The first-order valence-corrected chi connectivity index (χ1v) is 8.49. The van der Waals surface area contributed by atoms with Crippen molar-refractivity contribution in [3.8, 4) is 0 Å². The van der Waals surface area contributed by atoms with Crippen LogP contribution in [0.2, 0.25) is 0 Å². The lowest BCUT2D eigenvalue weighted by molar-refractivity contribution is -0.436. The van der Waals surface area contributed by atoms with Crippen molar-refractivity contribution in [2.45, 2.75) is 36.0 Å². The Bertz CT molecular complexity index is 958. The highest BCUT2D eigenvalue weighted by Gasteiger charge is 2.96. The van der Waals surface area contributed by atoms with Gasteiger partial charge in [-0.1, -0.05) is 24.3 Å². The van der Waals surface area contributed by atoms with Crippen molar-refractivity contribution >= 4 is 23.5 Å². The number of isocyanates is 2. The number of aliphatic imine (C=N–C) groups is 2. The van der Waals surface area contributed by atoms with Gasteiger partial charge in [0.25, 0.3) is 0 Å². The Labute approximate surface area is 166 Å². The van der Waals surface area contributed by atoms with E-state index in [2.05, 4.69) is 9.98 Å². The minimum Gasteiger partial charge on any atom is -0.233 e. The van der Waals surface area contributed by atoms with Gasteiger partial charge in [0.15, 0.2) is 0 Å². The van der Waals surface area contributed by atoms with E-state index in [1.165, 1.54) is 12.2 Å². The predicted octanol–water partition coefficient (Wildman–Crippen LogP) is 5.11. The van der Waals surface area contributed by atoms with Crippen LogP contribution in [0.5, 0.6) is 0 Å². The van der Waals surface area contributed by atoms with Crippen LogP contribution in [0, 0.1) is 0 Å². The fraction of sp³-hybridized carbons (Fsp3) is 0.300. The zero-order chi connectivity index (χ0) is 22.2. The summed E-state index contributed by atoms with van der Waals surface area (Å²) in [5.41, 5.74) is -8.60. The molecule has 1 aliphatic carbocycles. The van der Waals surface area contributed by atoms with Crippen molar-refractivity contribution in [3.63, 3.8) is 0 Å². The maximum absolute atomic E-state index is 15.3. The molecule has 2 unspecified atom stereocenters. The van der Waals surface area contributed by atoms with Gasteiger partial charge in [-0.05, 0) is 35.4 Å². The summed E-state index contributed by atoms with van der Waals surface area (Å²) in [6, 6.07) is 8.95. The maximum Gasteiger partial charge on any atom is 0.350 e. The van der Waals surface area contributed by atoms with E-state index < -0.39 is 36.0 Å². The fourth-order valence-electron chi connectivity index (χ4n) is 3.48. The second-order valence-corrected chi connectivity index (χ2v) is 6.84. The molecule has 2 aromatic rings. The van der Waals surface area contributed by atoms with Gasteiger partial charge < -0.3 is 0 Å². The Morgan fingerprint density at radius 3 is 1.17 bits per heavy atom. The Kier molecular flexibility index (Phi) is 5.18. The number of halogens is 6. The smallest absolute Gasteiger partial charge is 0.233 e. The van der Waals surface area contributed by atoms with Gasteiger partial charge in [0, 0.05) is 12.8 Å². The molecule has 0 radical (unpaired) electrons. The van der Waals surface area contributed by atoms with E-state index in [0.29, 0.717) is 0 Å². The third kappa shape index (κ3) is 2.96. The largest absolute Gasteiger partial charge is 0.350 e. The number of nitrogens with zero attached hydrogens (tertiary/aromatic N) is 2. The third-order valence-corrected chi connectivity index (χ3v) is 5.14. The first-order valence-electron chi connectivity index (χ1n) is 8.49. The van der Waals surface area contributed by atoms with Crippen molar-refractivity contribution in [1.29, 1.82) is 0 Å². The van der Waals surface area contributed by atoms with Crippen molar-refractivity contribution < 1.29 is 35.9 Å². The Hall–Kier alpha value is -3.22. The molecule has 1 aliphatic rings. The molecule has 0 amide bonds. The summed E-state index contributed by atoms with van der Waals surface area (Å²) in [4.78, 5) is 26.9. The maximum atomic E-state index is 15.3. The Morgan fingerprint density at radius 1 is 0.600 bits per heavy atom. The SMILES string of the molecule is O=C=Nc1ccc(CC2(F)C(F)(F)C(F)(F)C2(F)Cc2ccc(N=C=O)cc2)cc1. The molecule has 1 fully saturated rings. The summed E-state index contributed by atoms with van der Waals surface area (Å²) in [5, 5.41) is 0. The van der Waals surface area contributed by atoms with Crippen LogP contribution in [0.1, 0.15) is 11.1 Å². The van der Waals surface area contributed by atoms with Crippen molar-refractivity contribution in [2.24, 2.45) is 9.98 Å². The quantitative estimate of drug-likeness (QED) is 0.366. The molecule has 3 rings (SSSR count). The monoisotopic (exact) mass is 426 g/mol. The van der Waals surface area contributed by atoms with Crippen LogP contribution in [0.3, 0.4) is 0 Å². The standard InChI is InChI=1S/C20H12F6N2O2/c21-17(9-13-1-5-15(6-2-13)27-11-29)18(22,20(25,26)19(17,23)24)10-14-3-7-16(8-4-14)28-12-30/h1-8H,9-10H2. The van der Waals surface area contributed by atoms with E-state index in [9.17, 15) is 27.2 Å². The van der Waals surface area contributed by atoms with Gasteiger partial charge >= 0.3 is 11.8 Å². The first kappa shape index (κ1) is 21.5. The molecular weight excluding hydrogens is 414 g/mol. The highest BCUT2D eigenvalue weighted by Crippen LogP contribution is 2.69. The van der Waals surface area contributed by atoms with E-state index in [1.807, 2.05) is 0 Å². The van der Waals surface area contributed by atoms with Crippen LogP contribution in [0.4, 0.5) is 37.7 Å². The molecule has 1 saturated carbocycles. The molecule has 30 heavy (non-hydrogen) atoms. The third-order valence-electron chi connectivity index (χ3n) is 5.14. The topological polar surface area (TPSA) is 58.9 Å². The molecule has 4 nitrogen and oxygen atoms in total. The normalized spacial score (nSPS) is 26.1. The predicted molar refractivity (Wildman–Crippen MR) is 93.4 cm³/mol. The molecule has 0 aliphatic heterocycles. The molecule has 0 N–H and O–H groups in total. The molecule has 0 spiro atoms. The minimum absolute atomic E-state index is 0.0805. The summed E-state index contributed by atoms with van der Waals surface area (Å²) < 4.78 is 87.1. The van der Waals surface area contributed by atoms with Crippen LogP contribution in [0.15, 0.2) is 58.5 Å². The molecule has 0 aromatic heterocycles. The van der Waals surface area contributed by atoms with Gasteiger partial charge in [-0.2, -0.15) is 27.5 Å². The zero-order valence-corrected chi connectivity index (χ0v) is 15.0. The molecule has 10 heteroatoms. The number of hydrogen-bond acceptors (Lipinski definition) is 4. The fourth-order valence-corrected chi connectivity index (χ4v) is 3.48. The molecule has 0 saturated heterocycles. The lowest BCUT2D eigenvalue weighted by Crippen LogP contribution is -2.87. The van der Waals surface area contributed by atoms with Crippen LogP contribution >= 0.6 is 0 Å². The van der Waals surface area contributed by atoms with Crippen molar-refractivity contribution in [3.05, 3.63) is 59.7 Å². The number of benzene rings is 2. The summed E-state index contributed by atoms with van der Waals surface area (Å²) in [7, 11) is 0. The van der Waals surface area contributed by atoms with Crippen LogP contribution in [-0.4, -0.2) is 35.3 Å². The average molecular weight is 426 g/mol. The Morgan fingerprint density at radius 2 is 0.900 bits per heavy atom. The first-order chi connectivity index (χ1) is 14.0. The van der Waals surface area contributed by atoms with Crippen molar-refractivity contribution in [2.75, 3.05) is 0 Å². The average Bonchev–Trinajstić information content (AvgIpc) is 2.70. The van der Waals surface area contributed by atoms with Gasteiger partial charge in [-0.25, -0.2) is 18.4 Å². The zero-order valence-electron chi connectivity index (χ0n) is 15.0. The lowest BCUT2D eigenvalue weighted by Gasteiger charge is -2.59. The highest BCUT2D eigenvalue weighted by atomic mass is 19.3. The molecule has 156 valence electrons. The molecule has 2 atom stereocenters. The van der Waals surface area contributed by atoms with Gasteiger partial charge in [0.2, 0.25) is 23.5 Å². The van der Waals surface area contributed by atoms with E-state index in [0.717, 1.165) is 48.5 Å².